The van der Waals surface area contributed by atoms with Crippen LogP contribution in [0.15, 0.2) is 46.9 Å². The fourth-order valence-electron chi connectivity index (χ4n) is 2.57. The molecule has 2 aromatic carbocycles. The Kier molecular flexibility index (Phi) is 5.95. The van der Waals surface area contributed by atoms with E-state index in [1.54, 1.807) is 12.1 Å². The minimum Gasteiger partial charge on any atom is -0.319 e. The summed E-state index contributed by atoms with van der Waals surface area (Å²) in [6.07, 6.45) is 1.84. The monoisotopic (exact) mass is 349 g/mol. The van der Waals surface area contributed by atoms with E-state index in [2.05, 4.69) is 52.4 Å². The van der Waals surface area contributed by atoms with Crippen LogP contribution < -0.4 is 5.32 Å². The van der Waals surface area contributed by atoms with Crippen LogP contribution in [0.25, 0.3) is 0 Å². The highest BCUT2D eigenvalue weighted by molar-refractivity contribution is 9.10. The molecule has 1 nitrogen and oxygen atoms in total. The second-order valence-corrected chi connectivity index (χ2v) is 6.41. The van der Waals surface area contributed by atoms with Gasteiger partial charge in [0.25, 0.3) is 0 Å². The molecule has 0 bridgehead atoms. The van der Waals surface area contributed by atoms with Gasteiger partial charge in [0.05, 0.1) is 0 Å². The second kappa shape index (κ2) is 7.71. The maximum Gasteiger partial charge on any atom is 0.123 e. The first kappa shape index (κ1) is 16.2. The van der Waals surface area contributed by atoms with Crippen molar-refractivity contribution in [1.29, 1.82) is 0 Å². The molecule has 0 heterocycles. The molecule has 1 unspecified atom stereocenters. The Morgan fingerprint density at radius 2 is 1.81 bits per heavy atom. The highest BCUT2D eigenvalue weighted by Gasteiger charge is 2.13. The first-order valence-corrected chi connectivity index (χ1v) is 8.02. The number of benzene rings is 2. The molecule has 1 atom stereocenters. The zero-order valence-electron chi connectivity index (χ0n) is 12.5. The molecule has 0 aliphatic heterocycles. The largest absolute Gasteiger partial charge is 0.319 e. The molecule has 2 aromatic rings. The van der Waals surface area contributed by atoms with E-state index in [9.17, 15) is 4.39 Å². The molecular weight excluding hydrogens is 329 g/mol. The van der Waals surface area contributed by atoms with E-state index in [1.807, 2.05) is 7.05 Å². The molecule has 0 saturated heterocycles. The lowest BCUT2D eigenvalue weighted by molar-refractivity contribution is 0.491. The van der Waals surface area contributed by atoms with Crippen molar-refractivity contribution in [2.24, 2.45) is 5.92 Å². The van der Waals surface area contributed by atoms with Crippen molar-refractivity contribution in [3.8, 4) is 0 Å². The summed E-state index contributed by atoms with van der Waals surface area (Å²) in [6.45, 7) is 3.01. The van der Waals surface area contributed by atoms with Crippen molar-refractivity contribution < 1.29 is 4.39 Å². The first-order chi connectivity index (χ1) is 10.1. The van der Waals surface area contributed by atoms with Crippen LogP contribution in [0.3, 0.4) is 0 Å². The van der Waals surface area contributed by atoms with Crippen LogP contribution in [-0.4, -0.2) is 13.6 Å². The molecule has 0 aliphatic rings. The maximum absolute atomic E-state index is 13.4. The van der Waals surface area contributed by atoms with Gasteiger partial charge in [-0.25, -0.2) is 4.39 Å². The van der Waals surface area contributed by atoms with Crippen molar-refractivity contribution in [1.82, 2.24) is 5.32 Å². The van der Waals surface area contributed by atoms with E-state index in [0.717, 1.165) is 29.4 Å². The van der Waals surface area contributed by atoms with Gasteiger partial charge < -0.3 is 5.32 Å². The molecule has 0 aromatic heterocycles. The predicted molar refractivity (Wildman–Crippen MR) is 90.1 cm³/mol. The Balaban J connectivity index is 2.11. The SMILES string of the molecule is CNCC(Cc1ccc(C)cc1)Cc1cc(F)ccc1Br. The molecule has 0 spiro atoms. The summed E-state index contributed by atoms with van der Waals surface area (Å²) in [7, 11) is 1.96. The number of halogens is 2. The minimum atomic E-state index is -0.174. The van der Waals surface area contributed by atoms with Crippen LogP contribution in [0.4, 0.5) is 4.39 Å². The Bertz CT molecular complexity index is 580. The first-order valence-electron chi connectivity index (χ1n) is 7.22. The summed E-state index contributed by atoms with van der Waals surface area (Å²) in [5.74, 6) is 0.266. The smallest absolute Gasteiger partial charge is 0.123 e. The van der Waals surface area contributed by atoms with Gasteiger partial charge in [-0.2, -0.15) is 0 Å². The number of nitrogens with one attached hydrogen (secondary N) is 1. The fraction of sp³-hybridized carbons (Fsp3) is 0.333. The van der Waals surface area contributed by atoms with Gasteiger partial charge in [0, 0.05) is 4.47 Å². The van der Waals surface area contributed by atoms with Crippen molar-refractivity contribution in [3.63, 3.8) is 0 Å². The molecule has 112 valence electrons. The summed E-state index contributed by atoms with van der Waals surface area (Å²) >= 11 is 3.52. The third kappa shape index (κ3) is 4.94. The summed E-state index contributed by atoms with van der Waals surface area (Å²) < 4.78 is 14.4. The van der Waals surface area contributed by atoms with Gasteiger partial charge in [0.2, 0.25) is 0 Å². The molecule has 0 aliphatic carbocycles. The van der Waals surface area contributed by atoms with Crippen molar-refractivity contribution in [3.05, 3.63) is 69.4 Å². The second-order valence-electron chi connectivity index (χ2n) is 5.55. The van der Waals surface area contributed by atoms with Crippen LogP contribution in [-0.2, 0) is 12.8 Å². The average Bonchev–Trinajstić information content (AvgIpc) is 2.45. The predicted octanol–water partition coefficient (Wildman–Crippen LogP) is 4.52. The average molecular weight is 350 g/mol. The van der Waals surface area contributed by atoms with Crippen molar-refractivity contribution in [2.75, 3.05) is 13.6 Å². The van der Waals surface area contributed by atoms with Crippen LogP contribution in [0, 0.1) is 18.7 Å². The molecule has 3 heteroatoms. The summed E-state index contributed by atoms with van der Waals surface area (Å²) in [5.41, 5.74) is 3.63. The molecule has 0 radical (unpaired) electrons. The van der Waals surface area contributed by atoms with Gasteiger partial charge in [-0.1, -0.05) is 45.8 Å². The van der Waals surface area contributed by atoms with E-state index in [-0.39, 0.29) is 5.82 Å². The summed E-state index contributed by atoms with van der Waals surface area (Å²) in [6, 6.07) is 13.5. The van der Waals surface area contributed by atoms with Crippen LogP contribution in [0.2, 0.25) is 0 Å². The highest BCUT2D eigenvalue weighted by Crippen LogP contribution is 2.23. The lowest BCUT2D eigenvalue weighted by atomic mass is 9.92. The van der Waals surface area contributed by atoms with Gasteiger partial charge >= 0.3 is 0 Å². The summed E-state index contributed by atoms with van der Waals surface area (Å²) in [4.78, 5) is 0. The van der Waals surface area contributed by atoms with E-state index in [4.69, 9.17) is 0 Å². The number of aryl methyl sites for hydroxylation is 1. The van der Waals surface area contributed by atoms with Crippen LogP contribution in [0.1, 0.15) is 16.7 Å². The Hall–Kier alpha value is -1.19. The lowest BCUT2D eigenvalue weighted by Crippen LogP contribution is -2.23. The molecule has 2 rings (SSSR count). The number of rotatable bonds is 6. The van der Waals surface area contributed by atoms with E-state index in [1.165, 1.54) is 17.2 Å². The fourth-order valence-corrected chi connectivity index (χ4v) is 2.98. The van der Waals surface area contributed by atoms with Crippen LogP contribution in [0.5, 0.6) is 0 Å². The van der Waals surface area contributed by atoms with Crippen molar-refractivity contribution >= 4 is 15.9 Å². The van der Waals surface area contributed by atoms with Crippen molar-refractivity contribution in [2.45, 2.75) is 19.8 Å². The minimum absolute atomic E-state index is 0.174. The van der Waals surface area contributed by atoms with Crippen LogP contribution >= 0.6 is 15.9 Å². The van der Waals surface area contributed by atoms with E-state index >= 15 is 0 Å². The molecule has 21 heavy (non-hydrogen) atoms. The zero-order chi connectivity index (χ0) is 15.2. The molecule has 1 N–H and O–H groups in total. The quantitative estimate of drug-likeness (QED) is 0.808. The highest BCUT2D eigenvalue weighted by atomic mass is 79.9. The number of hydrogen-bond donors (Lipinski definition) is 1. The third-order valence-corrected chi connectivity index (χ3v) is 4.43. The Morgan fingerprint density at radius 3 is 2.48 bits per heavy atom. The van der Waals surface area contributed by atoms with Gasteiger partial charge in [0.1, 0.15) is 5.82 Å². The van der Waals surface area contributed by atoms with Gasteiger partial charge in [0.15, 0.2) is 0 Å². The molecule has 0 fully saturated rings. The van der Waals surface area contributed by atoms with Gasteiger partial charge in [-0.3, -0.25) is 0 Å². The van der Waals surface area contributed by atoms with Gasteiger partial charge in [-0.05, 0) is 68.6 Å². The van der Waals surface area contributed by atoms with E-state index < -0.39 is 0 Å². The topological polar surface area (TPSA) is 12.0 Å². The summed E-state index contributed by atoms with van der Waals surface area (Å²) in [5, 5.41) is 3.24. The number of hydrogen-bond acceptors (Lipinski definition) is 1. The lowest BCUT2D eigenvalue weighted by Gasteiger charge is -2.18. The van der Waals surface area contributed by atoms with E-state index in [0.29, 0.717) is 5.92 Å². The third-order valence-electron chi connectivity index (χ3n) is 3.65. The molecule has 0 saturated carbocycles. The zero-order valence-corrected chi connectivity index (χ0v) is 14.1. The Morgan fingerprint density at radius 1 is 1.10 bits per heavy atom. The standard InChI is InChI=1S/C18H21BrFN/c1-13-3-5-14(6-4-13)9-15(12-21-2)10-16-11-17(20)7-8-18(16)19/h3-8,11,15,21H,9-10,12H2,1-2H3. The Labute approximate surface area is 134 Å². The normalized spacial score (nSPS) is 12.4. The van der Waals surface area contributed by atoms with Gasteiger partial charge in [-0.15, -0.1) is 0 Å². The molecule has 0 amide bonds. The molecular formula is C18H21BrFN. The maximum atomic E-state index is 13.4.